The van der Waals surface area contributed by atoms with Crippen molar-refractivity contribution in [1.82, 2.24) is 15.0 Å². The number of nitrogens with two attached hydrogens (primary N) is 2. The van der Waals surface area contributed by atoms with E-state index in [9.17, 15) is 0 Å². The van der Waals surface area contributed by atoms with Gasteiger partial charge in [-0.15, -0.1) is 0 Å². The van der Waals surface area contributed by atoms with Crippen molar-refractivity contribution in [2.45, 2.75) is 11.8 Å². The Morgan fingerprint density at radius 2 is 1.39 bits per heavy atom. The molecule has 0 bridgehead atoms. The van der Waals surface area contributed by atoms with Crippen molar-refractivity contribution < 1.29 is 0 Å². The molecule has 1 aromatic carbocycles. The van der Waals surface area contributed by atoms with Gasteiger partial charge in [-0.25, -0.2) is 9.97 Å². The van der Waals surface area contributed by atoms with E-state index in [0.29, 0.717) is 18.1 Å². The van der Waals surface area contributed by atoms with E-state index in [0.717, 1.165) is 22.5 Å². The van der Waals surface area contributed by atoms with Crippen LogP contribution in [0.5, 0.6) is 0 Å². The normalized spacial score (nSPS) is 13.0. The summed E-state index contributed by atoms with van der Waals surface area (Å²) < 4.78 is 0. The molecule has 0 aliphatic carbocycles. The molecule has 3 aromatic heterocycles. The molecule has 4 N–H and O–H groups in total. The van der Waals surface area contributed by atoms with E-state index in [4.69, 9.17) is 16.5 Å². The van der Waals surface area contributed by atoms with E-state index in [-0.39, 0.29) is 0 Å². The van der Waals surface area contributed by atoms with Crippen molar-refractivity contribution in [3.63, 3.8) is 0 Å². The zero-order valence-electron chi connectivity index (χ0n) is 15.4. The van der Waals surface area contributed by atoms with Crippen LogP contribution in [0.4, 0.5) is 11.6 Å². The van der Waals surface area contributed by atoms with Crippen molar-refractivity contribution in [2.75, 3.05) is 11.5 Å². The average Bonchev–Trinajstić information content (AvgIpc) is 2.73. The van der Waals surface area contributed by atoms with Gasteiger partial charge >= 0.3 is 0 Å². The summed E-state index contributed by atoms with van der Waals surface area (Å²) in [4.78, 5) is 13.6. The number of anilines is 2. The summed E-state index contributed by atoms with van der Waals surface area (Å²) in [6.45, 7) is 0. The second-order valence-corrected chi connectivity index (χ2v) is 6.69. The standard InChI is InChI=1S/C23H21N5/c24-21-12-4-10-19(27-21)15-23(17-7-2-1-3-8-17,18-9-6-14-26-16-18)20-11-5-13-22(25)28-20/h1-14,16H,15H2,(H2,24,27)(H2,25,28). The first-order chi connectivity index (χ1) is 13.7. The fourth-order valence-electron chi connectivity index (χ4n) is 3.65. The van der Waals surface area contributed by atoms with Crippen LogP contribution in [0, 0.1) is 0 Å². The summed E-state index contributed by atoms with van der Waals surface area (Å²) in [5, 5.41) is 0. The second kappa shape index (κ2) is 7.48. The van der Waals surface area contributed by atoms with Crippen LogP contribution in [0.15, 0.2) is 91.3 Å². The molecular formula is C23H21N5. The topological polar surface area (TPSA) is 90.7 Å². The quantitative estimate of drug-likeness (QED) is 0.562. The maximum atomic E-state index is 6.07. The van der Waals surface area contributed by atoms with Gasteiger partial charge in [0.1, 0.15) is 11.6 Å². The Morgan fingerprint density at radius 3 is 2.07 bits per heavy atom. The first kappa shape index (κ1) is 17.7. The van der Waals surface area contributed by atoms with Crippen molar-refractivity contribution in [3.05, 3.63) is 114 Å². The number of aromatic nitrogens is 3. The molecule has 5 heteroatoms. The van der Waals surface area contributed by atoms with Crippen LogP contribution in [0.2, 0.25) is 0 Å². The van der Waals surface area contributed by atoms with Crippen molar-refractivity contribution in [3.8, 4) is 0 Å². The Balaban J connectivity index is 2.02. The van der Waals surface area contributed by atoms with Gasteiger partial charge in [0.05, 0.1) is 11.1 Å². The average molecular weight is 367 g/mol. The Morgan fingerprint density at radius 1 is 0.679 bits per heavy atom. The third-order valence-electron chi connectivity index (χ3n) is 4.90. The summed E-state index contributed by atoms with van der Waals surface area (Å²) in [5.41, 5.74) is 15.2. The Hall–Kier alpha value is -3.73. The van der Waals surface area contributed by atoms with Crippen LogP contribution in [0.25, 0.3) is 0 Å². The number of nitrogens with zero attached hydrogens (tertiary/aromatic N) is 3. The molecule has 0 saturated heterocycles. The summed E-state index contributed by atoms with van der Waals surface area (Å²) in [6, 6.07) is 25.7. The number of hydrogen-bond donors (Lipinski definition) is 2. The minimum atomic E-state index is -0.605. The van der Waals surface area contributed by atoms with Gasteiger partial charge in [0.25, 0.3) is 0 Å². The minimum Gasteiger partial charge on any atom is -0.384 e. The minimum absolute atomic E-state index is 0.474. The van der Waals surface area contributed by atoms with Gasteiger partial charge in [0, 0.05) is 24.5 Å². The SMILES string of the molecule is Nc1cccc(CC(c2ccccc2)(c2cccnc2)c2cccc(N)n2)n1. The van der Waals surface area contributed by atoms with Crippen LogP contribution in [-0.4, -0.2) is 15.0 Å². The molecule has 4 rings (SSSR count). The first-order valence-corrected chi connectivity index (χ1v) is 9.09. The maximum absolute atomic E-state index is 6.07. The summed E-state index contributed by atoms with van der Waals surface area (Å²) in [6.07, 6.45) is 4.22. The lowest BCUT2D eigenvalue weighted by Gasteiger charge is -2.34. The third-order valence-corrected chi connectivity index (χ3v) is 4.90. The van der Waals surface area contributed by atoms with Gasteiger partial charge in [-0.1, -0.05) is 48.5 Å². The predicted octanol–water partition coefficient (Wildman–Crippen LogP) is 3.61. The van der Waals surface area contributed by atoms with E-state index in [1.165, 1.54) is 0 Å². The zero-order valence-corrected chi connectivity index (χ0v) is 15.4. The Labute approximate surface area is 164 Å². The van der Waals surface area contributed by atoms with Gasteiger partial charge in [-0.2, -0.15) is 0 Å². The Kier molecular flexibility index (Phi) is 4.72. The van der Waals surface area contributed by atoms with Crippen LogP contribution in [0.3, 0.4) is 0 Å². The van der Waals surface area contributed by atoms with E-state index in [1.807, 2.05) is 54.7 Å². The molecule has 0 aliphatic rings. The molecule has 1 unspecified atom stereocenters. The van der Waals surface area contributed by atoms with Crippen molar-refractivity contribution in [1.29, 1.82) is 0 Å². The van der Waals surface area contributed by atoms with Crippen LogP contribution in [0.1, 0.15) is 22.5 Å². The molecule has 0 saturated carbocycles. The molecule has 28 heavy (non-hydrogen) atoms. The number of rotatable bonds is 5. The molecule has 0 radical (unpaired) electrons. The molecule has 1 atom stereocenters. The third kappa shape index (κ3) is 3.30. The molecule has 4 aromatic rings. The summed E-state index contributed by atoms with van der Waals surface area (Å²) >= 11 is 0. The van der Waals surface area contributed by atoms with Crippen molar-refractivity contribution in [2.24, 2.45) is 0 Å². The molecule has 0 spiro atoms. The highest BCUT2D eigenvalue weighted by atomic mass is 14.9. The van der Waals surface area contributed by atoms with Gasteiger partial charge in [-0.05, 0) is 41.5 Å². The fraction of sp³-hybridized carbons (Fsp3) is 0.0870. The number of benzene rings is 1. The monoisotopic (exact) mass is 367 g/mol. The highest BCUT2D eigenvalue weighted by Gasteiger charge is 2.38. The molecule has 5 nitrogen and oxygen atoms in total. The van der Waals surface area contributed by atoms with Crippen molar-refractivity contribution >= 4 is 11.6 Å². The molecule has 0 fully saturated rings. The van der Waals surface area contributed by atoms with E-state index in [2.05, 4.69) is 28.2 Å². The van der Waals surface area contributed by atoms with E-state index < -0.39 is 5.41 Å². The maximum Gasteiger partial charge on any atom is 0.123 e. The molecule has 0 aliphatic heterocycles. The highest BCUT2D eigenvalue weighted by Crippen LogP contribution is 2.41. The fourth-order valence-corrected chi connectivity index (χ4v) is 3.65. The largest absolute Gasteiger partial charge is 0.384 e. The molecule has 3 heterocycles. The van der Waals surface area contributed by atoms with Gasteiger partial charge in [-0.3, -0.25) is 4.98 Å². The lowest BCUT2D eigenvalue weighted by Crippen LogP contribution is -2.34. The molecule has 138 valence electrons. The van der Waals surface area contributed by atoms with E-state index in [1.54, 1.807) is 18.3 Å². The molecular weight excluding hydrogens is 346 g/mol. The second-order valence-electron chi connectivity index (χ2n) is 6.69. The van der Waals surface area contributed by atoms with E-state index >= 15 is 0 Å². The highest BCUT2D eigenvalue weighted by molar-refractivity contribution is 5.50. The van der Waals surface area contributed by atoms with Crippen LogP contribution >= 0.6 is 0 Å². The van der Waals surface area contributed by atoms with Crippen LogP contribution in [-0.2, 0) is 11.8 Å². The van der Waals surface area contributed by atoms with Gasteiger partial charge in [0.15, 0.2) is 0 Å². The van der Waals surface area contributed by atoms with Gasteiger partial charge in [0.2, 0.25) is 0 Å². The summed E-state index contributed by atoms with van der Waals surface area (Å²) in [5.74, 6) is 0.966. The smallest absolute Gasteiger partial charge is 0.123 e. The zero-order chi connectivity index (χ0) is 19.4. The predicted molar refractivity (Wildman–Crippen MR) is 112 cm³/mol. The number of nitrogen functional groups attached to an aromatic ring is 2. The number of pyridine rings is 3. The number of hydrogen-bond acceptors (Lipinski definition) is 5. The lowest BCUT2D eigenvalue weighted by molar-refractivity contribution is 0.582. The lowest BCUT2D eigenvalue weighted by atomic mass is 9.69. The molecule has 0 amide bonds. The van der Waals surface area contributed by atoms with Gasteiger partial charge < -0.3 is 11.5 Å². The first-order valence-electron chi connectivity index (χ1n) is 9.09. The Bertz CT molecular complexity index is 1020. The van der Waals surface area contributed by atoms with Crippen LogP contribution < -0.4 is 11.5 Å². The summed E-state index contributed by atoms with van der Waals surface area (Å²) in [7, 11) is 0.